The summed E-state index contributed by atoms with van der Waals surface area (Å²) in [6.45, 7) is 3.10. The molecule has 190 valence electrons. The highest BCUT2D eigenvalue weighted by atomic mass is 19.4. The topological polar surface area (TPSA) is 51.0 Å². The van der Waals surface area contributed by atoms with Crippen LogP contribution >= 0.6 is 0 Å². The Balaban J connectivity index is 1.41. The molecule has 3 aromatic rings. The molecule has 0 saturated heterocycles. The summed E-state index contributed by atoms with van der Waals surface area (Å²) in [4.78, 5) is 4.55. The Hall–Kier alpha value is -2.67. The first kappa shape index (κ1) is 26.9. The summed E-state index contributed by atoms with van der Waals surface area (Å²) in [5.41, 5.74) is 1.80. The molecule has 7 heteroatoms. The lowest BCUT2D eigenvalue weighted by Crippen LogP contribution is -2.13. The Bertz CT molecular complexity index is 1020. The van der Waals surface area contributed by atoms with Gasteiger partial charge in [-0.25, -0.2) is 0 Å². The highest BCUT2D eigenvalue weighted by Crippen LogP contribution is 2.29. The van der Waals surface area contributed by atoms with Crippen LogP contribution in [0.1, 0.15) is 87.2 Å². The summed E-state index contributed by atoms with van der Waals surface area (Å²) in [6, 6.07) is 13.1. The van der Waals surface area contributed by atoms with Crippen LogP contribution in [0.5, 0.6) is 0 Å². The number of aryl methyl sites for hydroxylation is 1. The molecule has 0 atom stereocenters. The average molecular weight is 488 g/mol. The molecular formula is C28H36F3N3O. The van der Waals surface area contributed by atoms with E-state index in [4.69, 9.17) is 4.52 Å². The van der Waals surface area contributed by atoms with E-state index in [0.717, 1.165) is 35.9 Å². The van der Waals surface area contributed by atoms with Crippen LogP contribution in [0.4, 0.5) is 13.2 Å². The first-order valence-electron chi connectivity index (χ1n) is 12.7. The molecule has 1 N–H and O–H groups in total. The van der Waals surface area contributed by atoms with Gasteiger partial charge in [0.15, 0.2) is 5.82 Å². The molecule has 0 saturated carbocycles. The fourth-order valence-electron chi connectivity index (χ4n) is 4.09. The lowest BCUT2D eigenvalue weighted by Gasteiger charge is -2.10. The van der Waals surface area contributed by atoms with Gasteiger partial charge in [-0.3, -0.25) is 0 Å². The minimum Gasteiger partial charge on any atom is -0.334 e. The maximum atomic E-state index is 12.9. The van der Waals surface area contributed by atoms with Crippen molar-refractivity contribution < 1.29 is 17.7 Å². The largest absolute Gasteiger partial charge is 0.416 e. The van der Waals surface area contributed by atoms with Crippen LogP contribution < -0.4 is 5.32 Å². The fraction of sp³-hybridized carbons (Fsp3) is 0.500. The summed E-state index contributed by atoms with van der Waals surface area (Å²) in [5, 5.41) is 7.33. The van der Waals surface area contributed by atoms with Crippen LogP contribution in [-0.4, -0.2) is 10.1 Å². The summed E-state index contributed by atoms with van der Waals surface area (Å²) >= 11 is 0. The smallest absolute Gasteiger partial charge is 0.334 e. The van der Waals surface area contributed by atoms with E-state index in [1.807, 2.05) is 24.3 Å². The second-order valence-electron chi connectivity index (χ2n) is 9.10. The van der Waals surface area contributed by atoms with E-state index in [1.165, 1.54) is 63.5 Å². The van der Waals surface area contributed by atoms with E-state index in [1.54, 1.807) is 6.07 Å². The summed E-state index contributed by atoms with van der Waals surface area (Å²) in [6.07, 6.45) is 7.96. The van der Waals surface area contributed by atoms with Gasteiger partial charge in [0, 0.05) is 25.1 Å². The van der Waals surface area contributed by atoms with E-state index in [9.17, 15) is 13.2 Å². The zero-order valence-corrected chi connectivity index (χ0v) is 20.5. The SMILES string of the molecule is CCCCCCCCCCCc1noc(-c2cccc(CNCc3cccc(C(F)(F)F)c3)c2)n1. The first-order valence-corrected chi connectivity index (χ1v) is 12.7. The molecular weight excluding hydrogens is 451 g/mol. The zero-order valence-electron chi connectivity index (χ0n) is 20.5. The van der Waals surface area contributed by atoms with Gasteiger partial charge < -0.3 is 9.84 Å². The molecule has 0 spiro atoms. The molecule has 4 nitrogen and oxygen atoms in total. The molecule has 0 aliphatic rings. The van der Waals surface area contributed by atoms with Crippen LogP contribution in [0.3, 0.4) is 0 Å². The number of hydrogen-bond donors (Lipinski definition) is 1. The third kappa shape index (κ3) is 9.48. The summed E-state index contributed by atoms with van der Waals surface area (Å²) < 4.78 is 44.1. The Morgan fingerprint density at radius 3 is 2.11 bits per heavy atom. The Morgan fingerprint density at radius 2 is 1.43 bits per heavy atom. The Kier molecular flexibility index (Phi) is 10.8. The monoisotopic (exact) mass is 487 g/mol. The molecule has 0 bridgehead atoms. The van der Waals surface area contributed by atoms with Crippen molar-refractivity contribution in [1.82, 2.24) is 15.5 Å². The lowest BCUT2D eigenvalue weighted by atomic mass is 10.1. The van der Waals surface area contributed by atoms with Crippen molar-refractivity contribution in [3.05, 3.63) is 71.0 Å². The van der Waals surface area contributed by atoms with Gasteiger partial charge in [0.1, 0.15) is 0 Å². The molecule has 0 fully saturated rings. The van der Waals surface area contributed by atoms with Gasteiger partial charge in [-0.15, -0.1) is 0 Å². The number of nitrogens with zero attached hydrogens (tertiary/aromatic N) is 2. The average Bonchev–Trinajstić information content (AvgIpc) is 3.32. The molecule has 3 rings (SSSR count). The van der Waals surface area contributed by atoms with Gasteiger partial charge in [0.25, 0.3) is 5.89 Å². The number of alkyl halides is 3. The number of halogens is 3. The highest BCUT2D eigenvalue weighted by molar-refractivity contribution is 5.54. The predicted octanol–water partition coefficient (Wildman–Crippen LogP) is 8.12. The number of hydrogen-bond acceptors (Lipinski definition) is 4. The molecule has 0 aliphatic heterocycles. The zero-order chi connectivity index (χ0) is 24.9. The number of aromatic nitrogens is 2. The maximum Gasteiger partial charge on any atom is 0.416 e. The van der Waals surface area contributed by atoms with Crippen LogP contribution in [0.2, 0.25) is 0 Å². The minimum absolute atomic E-state index is 0.345. The molecule has 0 unspecified atom stereocenters. The van der Waals surface area contributed by atoms with Crippen LogP contribution in [0.25, 0.3) is 11.5 Å². The standard InChI is InChI=1S/C28H36F3N3O/c1-2-3-4-5-6-7-8-9-10-17-26-33-27(35-34-26)24-15-11-13-22(18-24)20-32-21-23-14-12-16-25(19-23)28(29,30)31/h11-16,18-19,32H,2-10,17,20-21H2,1H3. The molecule has 0 radical (unpaired) electrons. The van der Waals surface area contributed by atoms with E-state index in [-0.39, 0.29) is 0 Å². The lowest BCUT2D eigenvalue weighted by molar-refractivity contribution is -0.137. The molecule has 35 heavy (non-hydrogen) atoms. The third-order valence-corrected chi connectivity index (χ3v) is 6.06. The molecule has 0 aliphatic carbocycles. The van der Waals surface area contributed by atoms with Crippen molar-refractivity contribution >= 4 is 0 Å². The van der Waals surface area contributed by atoms with Crippen molar-refractivity contribution in [2.45, 2.75) is 90.4 Å². The quantitative estimate of drug-likeness (QED) is 0.220. The minimum atomic E-state index is -4.33. The maximum absolute atomic E-state index is 12.9. The molecule has 0 amide bonds. The van der Waals surface area contributed by atoms with Crippen molar-refractivity contribution in [3.63, 3.8) is 0 Å². The van der Waals surface area contributed by atoms with E-state index >= 15 is 0 Å². The summed E-state index contributed by atoms with van der Waals surface area (Å²) in [7, 11) is 0. The van der Waals surface area contributed by atoms with Crippen molar-refractivity contribution in [3.8, 4) is 11.5 Å². The van der Waals surface area contributed by atoms with Gasteiger partial charge in [-0.2, -0.15) is 18.2 Å². The van der Waals surface area contributed by atoms with Gasteiger partial charge in [-0.05, 0) is 35.7 Å². The number of benzene rings is 2. The van der Waals surface area contributed by atoms with Gasteiger partial charge in [0.2, 0.25) is 0 Å². The van der Waals surface area contributed by atoms with E-state index < -0.39 is 11.7 Å². The van der Waals surface area contributed by atoms with Crippen molar-refractivity contribution in [1.29, 1.82) is 0 Å². The fourth-order valence-corrected chi connectivity index (χ4v) is 4.09. The van der Waals surface area contributed by atoms with Crippen LogP contribution in [-0.2, 0) is 25.7 Å². The van der Waals surface area contributed by atoms with E-state index in [2.05, 4.69) is 22.4 Å². The van der Waals surface area contributed by atoms with Crippen molar-refractivity contribution in [2.75, 3.05) is 0 Å². The number of nitrogens with one attached hydrogen (secondary N) is 1. The highest BCUT2D eigenvalue weighted by Gasteiger charge is 2.30. The number of unbranched alkanes of at least 4 members (excludes halogenated alkanes) is 8. The van der Waals surface area contributed by atoms with Crippen molar-refractivity contribution in [2.24, 2.45) is 0 Å². The molecule has 1 heterocycles. The van der Waals surface area contributed by atoms with Crippen LogP contribution in [0, 0.1) is 0 Å². The predicted molar refractivity (Wildman–Crippen MR) is 133 cm³/mol. The number of rotatable bonds is 15. The molecule has 2 aromatic carbocycles. The second-order valence-corrected chi connectivity index (χ2v) is 9.10. The third-order valence-electron chi connectivity index (χ3n) is 6.06. The Morgan fingerprint density at radius 1 is 0.800 bits per heavy atom. The second kappa shape index (κ2) is 14.0. The molecule has 1 aromatic heterocycles. The van der Waals surface area contributed by atoms with Gasteiger partial charge in [-0.1, -0.05) is 93.8 Å². The summed E-state index contributed by atoms with van der Waals surface area (Å²) in [5.74, 6) is 1.23. The normalized spacial score (nSPS) is 11.8. The Labute approximate surface area is 206 Å². The first-order chi connectivity index (χ1) is 17.0. The van der Waals surface area contributed by atoms with E-state index in [0.29, 0.717) is 24.5 Å². The van der Waals surface area contributed by atoms with Gasteiger partial charge in [0.05, 0.1) is 5.56 Å². The van der Waals surface area contributed by atoms with Gasteiger partial charge >= 0.3 is 6.18 Å². The van der Waals surface area contributed by atoms with Crippen LogP contribution in [0.15, 0.2) is 53.1 Å².